The molecule has 2 aromatic heterocycles. The topological polar surface area (TPSA) is 66.1 Å². The van der Waals surface area contributed by atoms with E-state index in [9.17, 15) is 9.59 Å². The lowest BCUT2D eigenvalue weighted by atomic mass is 10.4. The van der Waals surface area contributed by atoms with E-state index in [1.165, 1.54) is 16.2 Å². The van der Waals surface area contributed by atoms with Crippen molar-refractivity contribution >= 4 is 39.1 Å². The second-order valence-corrected chi connectivity index (χ2v) is 5.13. The Bertz CT molecular complexity index is 622. The molecule has 1 N–H and O–H groups in total. The van der Waals surface area contributed by atoms with Crippen LogP contribution in [0.25, 0.3) is 10.2 Å². The molecule has 0 atom stereocenters. The van der Waals surface area contributed by atoms with E-state index in [2.05, 4.69) is 9.97 Å². The van der Waals surface area contributed by atoms with Gasteiger partial charge >= 0.3 is 0 Å². The second kappa shape index (κ2) is 5.49. The Labute approximate surface area is 112 Å². The van der Waals surface area contributed by atoms with Crippen LogP contribution in [0.1, 0.15) is 12.2 Å². The van der Waals surface area contributed by atoms with Crippen LogP contribution in [0.2, 0.25) is 0 Å². The Hall–Kier alpha value is -1.40. The van der Waals surface area contributed by atoms with Gasteiger partial charge in [0.1, 0.15) is 10.5 Å². The third-order valence-electron chi connectivity index (χ3n) is 2.48. The summed E-state index contributed by atoms with van der Waals surface area (Å²) in [6.07, 6.45) is 0.281. The Balaban J connectivity index is 2.21. The third-order valence-corrected chi connectivity index (χ3v) is 3.58. The summed E-state index contributed by atoms with van der Waals surface area (Å²) in [4.78, 5) is 31.8. The number of hydrogen-bond donors (Lipinski definition) is 1. The minimum Gasteiger partial charge on any atom is -0.338 e. The lowest BCUT2D eigenvalue weighted by Crippen LogP contribution is -2.28. The molecular weight excluding hydrogens is 274 g/mol. The number of alkyl halides is 1. The highest BCUT2D eigenvalue weighted by Gasteiger charge is 2.11. The van der Waals surface area contributed by atoms with Gasteiger partial charge in [0.05, 0.1) is 12.1 Å². The number of H-pyrrole nitrogens is 1. The van der Waals surface area contributed by atoms with Crippen molar-refractivity contribution in [3.8, 4) is 0 Å². The molecule has 0 aromatic carbocycles. The molecule has 1 amide bonds. The lowest BCUT2D eigenvalue weighted by Gasteiger charge is -2.15. The highest BCUT2D eigenvalue weighted by molar-refractivity contribution is 7.17. The van der Waals surface area contributed by atoms with Gasteiger partial charge in [-0.05, 0) is 11.4 Å². The van der Waals surface area contributed by atoms with Crippen LogP contribution in [0.5, 0.6) is 0 Å². The van der Waals surface area contributed by atoms with Gasteiger partial charge in [-0.15, -0.1) is 22.9 Å². The molecule has 96 valence electrons. The van der Waals surface area contributed by atoms with Crippen LogP contribution in [0.3, 0.4) is 0 Å². The number of nitrogens with one attached hydrogen (secondary N) is 1. The number of rotatable bonds is 4. The zero-order valence-electron chi connectivity index (χ0n) is 9.77. The first kappa shape index (κ1) is 13.0. The molecule has 5 nitrogen and oxygen atoms in total. The van der Waals surface area contributed by atoms with Gasteiger partial charge in [0.2, 0.25) is 5.91 Å². The standard InChI is InChI=1S/C11H12ClN3O2S/c1-15(9(16)2-4-12)6-8-13-7-3-5-18-10(7)11(17)14-8/h3,5H,2,4,6H2,1H3,(H,13,14,17). The number of carbonyl (C=O) groups is 1. The van der Waals surface area contributed by atoms with Crippen molar-refractivity contribution in [1.82, 2.24) is 14.9 Å². The minimum atomic E-state index is -0.164. The molecule has 2 aromatic rings. The van der Waals surface area contributed by atoms with Crippen LogP contribution in [-0.4, -0.2) is 33.7 Å². The molecule has 0 fully saturated rings. The normalized spacial score (nSPS) is 10.8. The molecular formula is C11H12ClN3O2S. The summed E-state index contributed by atoms with van der Waals surface area (Å²) in [5.41, 5.74) is 0.500. The summed E-state index contributed by atoms with van der Waals surface area (Å²) in [5.74, 6) is 0.700. The number of aromatic nitrogens is 2. The summed E-state index contributed by atoms with van der Waals surface area (Å²) >= 11 is 6.86. The van der Waals surface area contributed by atoms with Gasteiger partial charge in [-0.25, -0.2) is 4.98 Å². The molecule has 2 heterocycles. The van der Waals surface area contributed by atoms with E-state index in [4.69, 9.17) is 11.6 Å². The van der Waals surface area contributed by atoms with E-state index in [1.807, 2.05) is 5.38 Å². The summed E-state index contributed by atoms with van der Waals surface area (Å²) < 4.78 is 0.605. The fourth-order valence-electron chi connectivity index (χ4n) is 1.58. The van der Waals surface area contributed by atoms with Crippen molar-refractivity contribution < 1.29 is 4.79 Å². The number of nitrogens with zero attached hydrogens (tertiary/aromatic N) is 2. The zero-order valence-corrected chi connectivity index (χ0v) is 11.3. The number of halogens is 1. The van der Waals surface area contributed by atoms with Gasteiger partial charge in [-0.1, -0.05) is 0 Å². The van der Waals surface area contributed by atoms with E-state index in [-0.39, 0.29) is 30.3 Å². The Morgan fingerprint density at radius 2 is 2.39 bits per heavy atom. The maximum atomic E-state index is 11.7. The number of amides is 1. The first-order valence-corrected chi connectivity index (χ1v) is 6.79. The first-order chi connectivity index (χ1) is 8.61. The number of carbonyl (C=O) groups excluding carboxylic acids is 1. The SMILES string of the molecule is CN(Cc1nc2ccsc2c(=O)[nH]1)C(=O)CCCl. The lowest BCUT2D eigenvalue weighted by molar-refractivity contribution is -0.130. The van der Waals surface area contributed by atoms with Crippen molar-refractivity contribution in [2.24, 2.45) is 0 Å². The van der Waals surface area contributed by atoms with Gasteiger partial charge in [-0.2, -0.15) is 0 Å². The third kappa shape index (κ3) is 2.70. The first-order valence-electron chi connectivity index (χ1n) is 5.38. The molecule has 2 rings (SSSR count). The van der Waals surface area contributed by atoms with Crippen LogP contribution in [0, 0.1) is 0 Å². The molecule has 0 unspecified atom stereocenters. The van der Waals surface area contributed by atoms with Crippen LogP contribution < -0.4 is 5.56 Å². The Morgan fingerprint density at radius 1 is 1.61 bits per heavy atom. The molecule has 18 heavy (non-hydrogen) atoms. The summed E-state index contributed by atoms with van der Waals surface area (Å²) in [5, 5.41) is 1.82. The molecule has 0 saturated heterocycles. The van der Waals surface area contributed by atoms with E-state index in [1.54, 1.807) is 13.1 Å². The highest BCUT2D eigenvalue weighted by atomic mass is 35.5. The smallest absolute Gasteiger partial charge is 0.268 e. The number of hydrogen-bond acceptors (Lipinski definition) is 4. The number of aromatic amines is 1. The van der Waals surface area contributed by atoms with Crippen LogP contribution >= 0.6 is 22.9 Å². The van der Waals surface area contributed by atoms with Gasteiger partial charge in [0.15, 0.2) is 0 Å². The van der Waals surface area contributed by atoms with E-state index in [0.717, 1.165) is 0 Å². The quantitative estimate of drug-likeness (QED) is 0.867. The number of thiophene rings is 1. The minimum absolute atomic E-state index is 0.0712. The zero-order chi connectivity index (χ0) is 13.1. The predicted octanol–water partition coefficient (Wildman–Crippen LogP) is 1.57. The van der Waals surface area contributed by atoms with Gasteiger partial charge in [0.25, 0.3) is 5.56 Å². The summed E-state index contributed by atoms with van der Waals surface area (Å²) in [6.45, 7) is 0.275. The van der Waals surface area contributed by atoms with Gasteiger partial charge in [0, 0.05) is 19.3 Å². The Kier molecular flexibility index (Phi) is 3.98. The molecule has 0 bridgehead atoms. The molecule has 0 saturated carbocycles. The predicted molar refractivity (Wildman–Crippen MR) is 72.1 cm³/mol. The Morgan fingerprint density at radius 3 is 3.11 bits per heavy atom. The maximum absolute atomic E-state index is 11.7. The number of fused-ring (bicyclic) bond motifs is 1. The van der Waals surface area contributed by atoms with Crippen molar-refractivity contribution in [2.75, 3.05) is 12.9 Å². The monoisotopic (exact) mass is 285 g/mol. The molecule has 7 heteroatoms. The van der Waals surface area contributed by atoms with Gasteiger partial charge in [-0.3, -0.25) is 9.59 Å². The van der Waals surface area contributed by atoms with Gasteiger partial charge < -0.3 is 9.88 Å². The van der Waals surface area contributed by atoms with E-state index < -0.39 is 0 Å². The van der Waals surface area contributed by atoms with Crippen molar-refractivity contribution in [2.45, 2.75) is 13.0 Å². The van der Waals surface area contributed by atoms with Crippen LogP contribution in [0.15, 0.2) is 16.2 Å². The average molecular weight is 286 g/mol. The van der Waals surface area contributed by atoms with Crippen molar-refractivity contribution in [1.29, 1.82) is 0 Å². The molecule has 0 aliphatic rings. The summed E-state index contributed by atoms with van der Waals surface area (Å²) in [6, 6.07) is 1.79. The largest absolute Gasteiger partial charge is 0.338 e. The fraction of sp³-hybridized carbons (Fsp3) is 0.364. The molecule has 0 aliphatic carbocycles. The summed E-state index contributed by atoms with van der Waals surface area (Å²) in [7, 11) is 1.66. The van der Waals surface area contributed by atoms with Crippen LogP contribution in [0.4, 0.5) is 0 Å². The molecule has 0 spiro atoms. The average Bonchev–Trinajstić information content (AvgIpc) is 2.77. The fourth-order valence-corrected chi connectivity index (χ4v) is 2.47. The van der Waals surface area contributed by atoms with E-state index >= 15 is 0 Å². The van der Waals surface area contributed by atoms with Crippen molar-refractivity contribution in [3.05, 3.63) is 27.6 Å². The second-order valence-electron chi connectivity index (χ2n) is 3.84. The molecule has 0 aliphatic heterocycles. The maximum Gasteiger partial charge on any atom is 0.268 e. The van der Waals surface area contributed by atoms with Crippen LogP contribution in [-0.2, 0) is 11.3 Å². The molecule has 0 radical (unpaired) electrons. The highest BCUT2D eigenvalue weighted by Crippen LogP contribution is 2.14. The van der Waals surface area contributed by atoms with Crippen molar-refractivity contribution in [3.63, 3.8) is 0 Å². The van der Waals surface area contributed by atoms with E-state index in [0.29, 0.717) is 16.0 Å².